The zero-order valence-corrected chi connectivity index (χ0v) is 23.7. The number of piperidine rings is 1. The van der Waals surface area contributed by atoms with Crippen molar-refractivity contribution in [2.45, 2.75) is 70.6 Å². The van der Waals surface area contributed by atoms with Crippen LogP contribution in [0.1, 0.15) is 52.9 Å². The first kappa shape index (κ1) is 27.2. The summed E-state index contributed by atoms with van der Waals surface area (Å²) >= 11 is 0. The second kappa shape index (κ2) is 10.7. The average Bonchev–Trinajstić information content (AvgIpc) is 3.16. The average molecular weight is 540 g/mol. The standard InChI is InChI=1S/C28H41N7O4/c1-28(2,3)39-27(38)29-19-14-21(15-19)32(4)17-18-8-11-34(12-9-18)20-6-7-22-23(16-20)33(5)31-25(22)35-13-10-24(36)30-26(35)37/h6-7,16,18-19,21H,8-15,17H2,1-5H3,(H,29,38)(H,30,36,37). The number of hydrogen-bond acceptors (Lipinski definition) is 7. The quantitative estimate of drug-likeness (QED) is 0.580. The first-order valence-electron chi connectivity index (χ1n) is 14.0. The monoisotopic (exact) mass is 539 g/mol. The molecule has 2 aromatic rings. The second-order valence-corrected chi connectivity index (χ2v) is 12.2. The van der Waals surface area contributed by atoms with Gasteiger partial charge in [0.2, 0.25) is 5.91 Å². The van der Waals surface area contributed by atoms with Gasteiger partial charge in [-0.25, -0.2) is 9.59 Å². The van der Waals surface area contributed by atoms with Crippen molar-refractivity contribution in [2.75, 3.05) is 43.0 Å². The molecule has 2 N–H and O–H groups in total. The Morgan fingerprint density at radius 1 is 1.18 bits per heavy atom. The molecule has 4 amide bonds. The number of imide groups is 1. The number of ether oxygens (including phenoxy) is 1. The minimum absolute atomic E-state index is 0.198. The van der Waals surface area contributed by atoms with Gasteiger partial charge in [-0.1, -0.05) is 0 Å². The maximum absolute atomic E-state index is 12.4. The number of benzene rings is 1. The van der Waals surface area contributed by atoms with Crippen LogP contribution in [0.4, 0.5) is 21.1 Å². The summed E-state index contributed by atoms with van der Waals surface area (Å²) in [6.45, 7) is 9.04. The number of nitrogens with one attached hydrogen (secondary N) is 2. The Hall–Kier alpha value is -3.34. The van der Waals surface area contributed by atoms with E-state index in [1.54, 1.807) is 4.90 Å². The van der Waals surface area contributed by atoms with Crippen LogP contribution in [0, 0.1) is 5.92 Å². The predicted molar refractivity (Wildman–Crippen MR) is 150 cm³/mol. The lowest BCUT2D eigenvalue weighted by Gasteiger charge is -2.43. The molecule has 39 heavy (non-hydrogen) atoms. The molecule has 11 heteroatoms. The molecule has 1 aromatic carbocycles. The molecule has 0 spiro atoms. The Morgan fingerprint density at radius 2 is 1.90 bits per heavy atom. The predicted octanol–water partition coefficient (Wildman–Crippen LogP) is 3.22. The van der Waals surface area contributed by atoms with Crippen LogP contribution >= 0.6 is 0 Å². The van der Waals surface area contributed by atoms with Crippen molar-refractivity contribution in [3.8, 4) is 0 Å². The third kappa shape index (κ3) is 6.13. The van der Waals surface area contributed by atoms with Gasteiger partial charge in [-0.05, 0) is 77.6 Å². The highest BCUT2D eigenvalue weighted by Gasteiger charge is 2.35. The fourth-order valence-electron chi connectivity index (χ4n) is 5.86. The van der Waals surface area contributed by atoms with Crippen molar-refractivity contribution in [1.29, 1.82) is 0 Å². The Bertz CT molecular complexity index is 1240. The molecule has 2 aliphatic heterocycles. The SMILES string of the molecule is CN(CC1CCN(c2ccc3c(N4CCC(=O)NC4=O)nn(C)c3c2)CC1)C1CC(NC(=O)OC(C)(C)C)C1. The van der Waals surface area contributed by atoms with E-state index in [0.29, 0.717) is 24.3 Å². The minimum atomic E-state index is -0.473. The fraction of sp³-hybridized carbons (Fsp3) is 0.643. The van der Waals surface area contributed by atoms with Crippen molar-refractivity contribution in [1.82, 2.24) is 25.3 Å². The van der Waals surface area contributed by atoms with Gasteiger partial charge >= 0.3 is 12.1 Å². The van der Waals surface area contributed by atoms with Gasteiger partial charge < -0.3 is 19.9 Å². The Kier molecular flexibility index (Phi) is 7.45. The highest BCUT2D eigenvalue weighted by Crippen LogP contribution is 2.33. The molecule has 5 rings (SSSR count). The maximum atomic E-state index is 12.4. The molecule has 2 saturated heterocycles. The van der Waals surface area contributed by atoms with Crippen molar-refractivity contribution in [3.05, 3.63) is 18.2 Å². The third-order valence-corrected chi connectivity index (χ3v) is 8.11. The molecule has 1 aliphatic carbocycles. The third-order valence-electron chi connectivity index (χ3n) is 8.11. The molecule has 1 aromatic heterocycles. The zero-order chi connectivity index (χ0) is 27.9. The topological polar surface area (TPSA) is 112 Å². The van der Waals surface area contributed by atoms with Crippen LogP contribution in [0.3, 0.4) is 0 Å². The van der Waals surface area contributed by atoms with E-state index >= 15 is 0 Å². The maximum Gasteiger partial charge on any atom is 0.407 e. The molecular weight excluding hydrogens is 498 g/mol. The minimum Gasteiger partial charge on any atom is -0.444 e. The molecule has 212 valence electrons. The van der Waals surface area contributed by atoms with Gasteiger partial charge in [0.1, 0.15) is 5.60 Å². The Labute approximate surface area is 229 Å². The van der Waals surface area contributed by atoms with E-state index in [-0.39, 0.29) is 24.5 Å². The van der Waals surface area contributed by atoms with Gasteiger partial charge in [0.15, 0.2) is 5.82 Å². The number of carbonyl (C=O) groups is 3. The molecule has 11 nitrogen and oxygen atoms in total. The van der Waals surface area contributed by atoms with Crippen LogP contribution in [-0.4, -0.2) is 83.6 Å². The summed E-state index contributed by atoms with van der Waals surface area (Å²) in [6, 6.07) is 6.58. The normalized spacial score (nSPS) is 22.7. The van der Waals surface area contributed by atoms with Gasteiger partial charge in [-0.3, -0.25) is 19.7 Å². The number of fused-ring (bicyclic) bond motifs is 1. The molecule has 0 atom stereocenters. The summed E-state index contributed by atoms with van der Waals surface area (Å²) in [6.07, 6.45) is 4.15. The Balaban J connectivity index is 1.11. The number of alkyl carbamates (subject to hydrolysis) is 1. The van der Waals surface area contributed by atoms with Crippen LogP contribution in [0.25, 0.3) is 10.9 Å². The van der Waals surface area contributed by atoms with E-state index in [4.69, 9.17) is 4.74 Å². The van der Waals surface area contributed by atoms with Crippen molar-refractivity contribution in [2.24, 2.45) is 13.0 Å². The van der Waals surface area contributed by atoms with E-state index in [2.05, 4.69) is 44.7 Å². The molecule has 0 radical (unpaired) electrons. The molecule has 1 saturated carbocycles. The number of anilines is 2. The van der Waals surface area contributed by atoms with Gasteiger partial charge in [0.25, 0.3) is 0 Å². The number of rotatable bonds is 6. The number of aromatic nitrogens is 2. The van der Waals surface area contributed by atoms with E-state index < -0.39 is 11.6 Å². The van der Waals surface area contributed by atoms with Gasteiger partial charge in [0.05, 0.1) is 5.52 Å². The zero-order valence-electron chi connectivity index (χ0n) is 23.7. The summed E-state index contributed by atoms with van der Waals surface area (Å²) in [4.78, 5) is 42.3. The van der Waals surface area contributed by atoms with E-state index in [9.17, 15) is 14.4 Å². The molecule has 3 aliphatic rings. The van der Waals surface area contributed by atoms with Crippen molar-refractivity contribution >= 4 is 40.4 Å². The molecule has 3 heterocycles. The summed E-state index contributed by atoms with van der Waals surface area (Å²) in [5.41, 5.74) is 1.66. The van der Waals surface area contributed by atoms with Gasteiger partial charge in [0, 0.05) is 62.8 Å². The van der Waals surface area contributed by atoms with E-state index in [1.807, 2.05) is 38.6 Å². The number of carbonyl (C=O) groups excluding carboxylic acids is 3. The number of hydrogen-bond donors (Lipinski definition) is 2. The highest BCUT2D eigenvalue weighted by molar-refractivity contribution is 6.09. The fourth-order valence-corrected chi connectivity index (χ4v) is 5.86. The summed E-state index contributed by atoms with van der Waals surface area (Å²) in [7, 11) is 4.09. The number of urea groups is 1. The first-order chi connectivity index (χ1) is 18.5. The second-order valence-electron chi connectivity index (χ2n) is 12.2. The lowest BCUT2D eigenvalue weighted by Crippen LogP contribution is -2.54. The Morgan fingerprint density at radius 3 is 2.56 bits per heavy atom. The van der Waals surface area contributed by atoms with E-state index in [1.165, 1.54) is 0 Å². The molecule has 0 unspecified atom stereocenters. The number of aryl methyl sites for hydroxylation is 1. The van der Waals surface area contributed by atoms with E-state index in [0.717, 1.165) is 61.9 Å². The molecule has 3 fully saturated rings. The van der Waals surface area contributed by atoms with Crippen LogP contribution in [0.2, 0.25) is 0 Å². The van der Waals surface area contributed by atoms with Gasteiger partial charge in [-0.2, -0.15) is 5.10 Å². The van der Waals surface area contributed by atoms with Crippen molar-refractivity contribution in [3.63, 3.8) is 0 Å². The highest BCUT2D eigenvalue weighted by atomic mass is 16.6. The number of amides is 4. The largest absolute Gasteiger partial charge is 0.444 e. The van der Waals surface area contributed by atoms with Crippen LogP contribution in [0.15, 0.2) is 18.2 Å². The van der Waals surface area contributed by atoms with Crippen molar-refractivity contribution < 1.29 is 19.1 Å². The molecular formula is C28H41N7O4. The van der Waals surface area contributed by atoms with Crippen LogP contribution in [-0.2, 0) is 16.6 Å². The number of nitrogens with zero attached hydrogens (tertiary/aromatic N) is 5. The smallest absolute Gasteiger partial charge is 0.407 e. The van der Waals surface area contributed by atoms with Crippen LogP contribution < -0.4 is 20.4 Å². The lowest BCUT2D eigenvalue weighted by atomic mass is 9.84. The van der Waals surface area contributed by atoms with Gasteiger partial charge in [-0.15, -0.1) is 0 Å². The summed E-state index contributed by atoms with van der Waals surface area (Å²) in [5.74, 6) is 0.988. The van der Waals surface area contributed by atoms with Crippen LogP contribution in [0.5, 0.6) is 0 Å². The lowest BCUT2D eigenvalue weighted by molar-refractivity contribution is -0.120. The summed E-state index contributed by atoms with van der Waals surface area (Å²) in [5, 5.41) is 10.9. The first-order valence-corrected chi connectivity index (χ1v) is 14.0. The summed E-state index contributed by atoms with van der Waals surface area (Å²) < 4.78 is 7.18. The molecule has 0 bridgehead atoms.